The normalized spacial score (nSPS) is 11.0. The van der Waals surface area contributed by atoms with Gasteiger partial charge in [-0.1, -0.05) is 26.0 Å². The fourth-order valence-electron chi connectivity index (χ4n) is 2.29. The van der Waals surface area contributed by atoms with Crippen molar-refractivity contribution in [1.29, 1.82) is 0 Å². The SMILES string of the molecule is CCN(C(=O)NC(CC)(CC)C(=O)O)c1cccc(C)c1. The number of urea groups is 1. The number of carbonyl (C=O) groups excluding carboxylic acids is 1. The summed E-state index contributed by atoms with van der Waals surface area (Å²) in [5, 5.41) is 12.1. The highest BCUT2D eigenvalue weighted by Gasteiger charge is 2.37. The number of benzene rings is 1. The molecule has 0 saturated carbocycles. The summed E-state index contributed by atoms with van der Waals surface area (Å²) < 4.78 is 0. The van der Waals surface area contributed by atoms with E-state index in [2.05, 4.69) is 5.32 Å². The van der Waals surface area contributed by atoms with Gasteiger partial charge in [0, 0.05) is 12.2 Å². The van der Waals surface area contributed by atoms with Crippen LogP contribution in [0.3, 0.4) is 0 Å². The van der Waals surface area contributed by atoms with Crippen LogP contribution in [-0.2, 0) is 4.79 Å². The molecule has 21 heavy (non-hydrogen) atoms. The number of nitrogens with zero attached hydrogens (tertiary/aromatic N) is 1. The van der Waals surface area contributed by atoms with Crippen LogP contribution in [-0.4, -0.2) is 29.2 Å². The minimum Gasteiger partial charge on any atom is -0.480 e. The van der Waals surface area contributed by atoms with Gasteiger partial charge < -0.3 is 10.4 Å². The Balaban J connectivity index is 3.01. The summed E-state index contributed by atoms with van der Waals surface area (Å²) in [6.45, 7) is 7.82. The highest BCUT2D eigenvalue weighted by atomic mass is 16.4. The summed E-state index contributed by atoms with van der Waals surface area (Å²) >= 11 is 0. The molecule has 0 aliphatic carbocycles. The molecule has 2 amide bonds. The predicted molar refractivity (Wildman–Crippen MR) is 83.7 cm³/mol. The summed E-state index contributed by atoms with van der Waals surface area (Å²) in [5.74, 6) is -0.999. The molecule has 1 aromatic carbocycles. The van der Waals surface area contributed by atoms with Crippen LogP contribution in [0.5, 0.6) is 0 Å². The first-order chi connectivity index (χ1) is 9.90. The second-order valence-corrected chi connectivity index (χ2v) is 5.11. The van der Waals surface area contributed by atoms with Crippen LogP contribution >= 0.6 is 0 Å². The number of anilines is 1. The largest absolute Gasteiger partial charge is 0.480 e. The van der Waals surface area contributed by atoms with E-state index in [1.54, 1.807) is 18.7 Å². The Kier molecular flexibility index (Phi) is 5.76. The van der Waals surface area contributed by atoms with Gasteiger partial charge in [-0.2, -0.15) is 0 Å². The molecule has 0 aliphatic rings. The topological polar surface area (TPSA) is 69.6 Å². The van der Waals surface area contributed by atoms with E-state index in [9.17, 15) is 14.7 Å². The van der Waals surface area contributed by atoms with Gasteiger partial charge in [0.05, 0.1) is 0 Å². The summed E-state index contributed by atoms with van der Waals surface area (Å²) in [7, 11) is 0. The van der Waals surface area contributed by atoms with Gasteiger partial charge in [0.15, 0.2) is 0 Å². The molecule has 0 aromatic heterocycles. The van der Waals surface area contributed by atoms with Crippen LogP contribution in [0, 0.1) is 6.92 Å². The van der Waals surface area contributed by atoms with E-state index in [1.165, 1.54) is 0 Å². The highest BCUT2D eigenvalue weighted by Crippen LogP contribution is 2.19. The second kappa shape index (κ2) is 7.11. The van der Waals surface area contributed by atoms with Gasteiger partial charge in [-0.05, 0) is 44.4 Å². The van der Waals surface area contributed by atoms with Gasteiger partial charge in [-0.15, -0.1) is 0 Å². The molecule has 0 unspecified atom stereocenters. The third-order valence-electron chi connectivity index (χ3n) is 3.84. The third kappa shape index (κ3) is 3.74. The number of carbonyl (C=O) groups is 2. The highest BCUT2D eigenvalue weighted by molar-refractivity contribution is 5.95. The van der Waals surface area contributed by atoms with Crippen LogP contribution in [0.4, 0.5) is 10.5 Å². The van der Waals surface area contributed by atoms with E-state index in [-0.39, 0.29) is 6.03 Å². The molecule has 0 fully saturated rings. The molecule has 5 nitrogen and oxygen atoms in total. The molecular weight excluding hydrogens is 268 g/mol. The minimum atomic E-state index is -1.21. The second-order valence-electron chi connectivity index (χ2n) is 5.11. The zero-order chi connectivity index (χ0) is 16.0. The number of amides is 2. The zero-order valence-corrected chi connectivity index (χ0v) is 13.1. The van der Waals surface area contributed by atoms with E-state index in [4.69, 9.17) is 0 Å². The van der Waals surface area contributed by atoms with Crippen molar-refractivity contribution in [2.24, 2.45) is 0 Å². The molecule has 1 aromatic rings. The Hall–Kier alpha value is -2.04. The van der Waals surface area contributed by atoms with Crippen LogP contribution in [0.25, 0.3) is 0 Å². The third-order valence-corrected chi connectivity index (χ3v) is 3.84. The first kappa shape index (κ1) is 17.0. The van der Waals surface area contributed by atoms with E-state index < -0.39 is 11.5 Å². The molecule has 0 radical (unpaired) electrons. The van der Waals surface area contributed by atoms with Crippen molar-refractivity contribution in [3.63, 3.8) is 0 Å². The maximum absolute atomic E-state index is 12.5. The van der Waals surface area contributed by atoms with Gasteiger partial charge in [-0.25, -0.2) is 9.59 Å². The molecule has 0 atom stereocenters. The number of hydrogen-bond acceptors (Lipinski definition) is 2. The van der Waals surface area contributed by atoms with Crippen LogP contribution in [0.2, 0.25) is 0 Å². The molecule has 0 spiro atoms. The fraction of sp³-hybridized carbons (Fsp3) is 0.500. The Morgan fingerprint density at radius 2 is 1.86 bits per heavy atom. The maximum atomic E-state index is 12.5. The van der Waals surface area contributed by atoms with Gasteiger partial charge in [0.2, 0.25) is 0 Å². The Labute approximate surface area is 126 Å². The number of nitrogens with one attached hydrogen (secondary N) is 1. The Bertz CT molecular complexity index is 510. The van der Waals surface area contributed by atoms with Gasteiger partial charge in [0.1, 0.15) is 5.54 Å². The van der Waals surface area contributed by atoms with E-state index >= 15 is 0 Å². The first-order valence-corrected chi connectivity index (χ1v) is 7.30. The lowest BCUT2D eigenvalue weighted by Gasteiger charge is -2.31. The number of carboxylic acid groups (broad SMARTS) is 1. The van der Waals surface area contributed by atoms with Crippen molar-refractivity contribution in [3.8, 4) is 0 Å². The quantitative estimate of drug-likeness (QED) is 0.846. The number of aliphatic carboxylic acids is 1. The summed E-state index contributed by atoms with van der Waals surface area (Å²) in [6, 6.07) is 7.20. The predicted octanol–water partition coefficient (Wildman–Crippen LogP) is 3.17. The first-order valence-electron chi connectivity index (χ1n) is 7.30. The van der Waals surface area contributed by atoms with Gasteiger partial charge in [0.25, 0.3) is 0 Å². The van der Waals surface area contributed by atoms with Crippen molar-refractivity contribution in [1.82, 2.24) is 5.32 Å². The van der Waals surface area contributed by atoms with Crippen LogP contribution in [0.15, 0.2) is 24.3 Å². The minimum absolute atomic E-state index is 0.343. The lowest BCUT2D eigenvalue weighted by molar-refractivity contribution is -0.144. The Morgan fingerprint density at radius 3 is 2.29 bits per heavy atom. The van der Waals surface area contributed by atoms with Gasteiger partial charge >= 0.3 is 12.0 Å². The molecule has 1 rings (SSSR count). The monoisotopic (exact) mass is 292 g/mol. The van der Waals surface area contributed by atoms with Crippen LogP contribution < -0.4 is 10.2 Å². The smallest absolute Gasteiger partial charge is 0.329 e. The number of aryl methyl sites for hydroxylation is 1. The molecule has 0 heterocycles. The van der Waals surface area contributed by atoms with Crippen molar-refractivity contribution in [2.75, 3.05) is 11.4 Å². The van der Waals surface area contributed by atoms with Crippen molar-refractivity contribution < 1.29 is 14.7 Å². The van der Waals surface area contributed by atoms with E-state index in [0.717, 1.165) is 11.3 Å². The van der Waals surface area contributed by atoms with E-state index in [0.29, 0.717) is 19.4 Å². The fourth-order valence-corrected chi connectivity index (χ4v) is 2.29. The standard InChI is InChI=1S/C16H24N2O3/c1-5-16(6-2,14(19)20)17-15(21)18(7-3)13-10-8-9-12(4)11-13/h8-11H,5-7H2,1-4H3,(H,17,21)(H,19,20). The molecular formula is C16H24N2O3. The van der Waals surface area contributed by atoms with Crippen molar-refractivity contribution >= 4 is 17.7 Å². The lowest BCUT2D eigenvalue weighted by atomic mass is 9.93. The molecule has 5 heteroatoms. The number of rotatable bonds is 6. The molecule has 116 valence electrons. The summed E-state index contributed by atoms with van der Waals surface area (Å²) in [4.78, 5) is 25.5. The van der Waals surface area contributed by atoms with Crippen molar-refractivity contribution in [2.45, 2.75) is 46.1 Å². The number of hydrogen-bond donors (Lipinski definition) is 2. The summed E-state index contributed by atoms with van der Waals surface area (Å²) in [5.41, 5.74) is 0.602. The molecule has 2 N–H and O–H groups in total. The number of carboxylic acids is 1. The molecule has 0 bridgehead atoms. The van der Waals surface area contributed by atoms with E-state index in [1.807, 2.05) is 38.1 Å². The average Bonchev–Trinajstić information content (AvgIpc) is 2.45. The summed E-state index contributed by atoms with van der Waals surface area (Å²) in [6.07, 6.45) is 0.686. The lowest BCUT2D eigenvalue weighted by Crippen LogP contribution is -2.57. The molecule has 0 saturated heterocycles. The van der Waals surface area contributed by atoms with Crippen LogP contribution in [0.1, 0.15) is 39.2 Å². The Morgan fingerprint density at radius 1 is 1.24 bits per heavy atom. The maximum Gasteiger partial charge on any atom is 0.329 e. The molecule has 0 aliphatic heterocycles. The van der Waals surface area contributed by atoms with Gasteiger partial charge in [-0.3, -0.25) is 4.90 Å². The van der Waals surface area contributed by atoms with Crippen molar-refractivity contribution in [3.05, 3.63) is 29.8 Å². The zero-order valence-electron chi connectivity index (χ0n) is 13.1. The average molecular weight is 292 g/mol.